The van der Waals surface area contributed by atoms with E-state index in [1.54, 1.807) is 13.2 Å². The van der Waals surface area contributed by atoms with E-state index < -0.39 is 11.7 Å². The molecule has 0 aliphatic carbocycles. The highest BCUT2D eigenvalue weighted by Gasteiger charge is 2.21. The van der Waals surface area contributed by atoms with Crippen molar-refractivity contribution >= 4 is 28.5 Å². The van der Waals surface area contributed by atoms with E-state index in [1.165, 1.54) is 4.90 Å². The molecule has 144 valence electrons. The zero-order valence-electron chi connectivity index (χ0n) is 16.7. The quantitative estimate of drug-likeness (QED) is 0.524. The van der Waals surface area contributed by atoms with Crippen LogP contribution in [0.4, 0.5) is 10.5 Å². The molecule has 0 saturated carbocycles. The zero-order chi connectivity index (χ0) is 20.1. The summed E-state index contributed by atoms with van der Waals surface area (Å²) in [6.45, 7) is 5.55. The van der Waals surface area contributed by atoms with Gasteiger partial charge in [0, 0.05) is 43.6 Å². The maximum Gasteiger partial charge on any atom is 0.414 e. The maximum absolute atomic E-state index is 12.4. The fourth-order valence-corrected chi connectivity index (χ4v) is 3.19. The van der Waals surface area contributed by atoms with Gasteiger partial charge in [0.2, 0.25) is 0 Å². The van der Waals surface area contributed by atoms with Gasteiger partial charge in [-0.05, 0) is 45.0 Å². The Balaban J connectivity index is 1.79. The van der Waals surface area contributed by atoms with Crippen LogP contribution in [0.25, 0.3) is 27.9 Å². The minimum Gasteiger partial charge on any atom is -0.443 e. The number of aryl methyl sites for hydroxylation is 1. The fourth-order valence-electron chi connectivity index (χ4n) is 3.19. The molecular weight excluding hydrogens is 354 g/mol. The summed E-state index contributed by atoms with van der Waals surface area (Å²) in [6, 6.07) is 7.79. The zero-order valence-corrected chi connectivity index (χ0v) is 16.7. The molecule has 0 aromatic carbocycles. The number of aromatic nitrogens is 4. The van der Waals surface area contributed by atoms with Gasteiger partial charge in [0.15, 0.2) is 0 Å². The molecule has 0 radical (unpaired) electrons. The van der Waals surface area contributed by atoms with Crippen molar-refractivity contribution in [3.05, 3.63) is 49.1 Å². The Morgan fingerprint density at radius 1 is 1.14 bits per heavy atom. The maximum atomic E-state index is 12.4. The van der Waals surface area contributed by atoms with E-state index in [0.717, 1.165) is 33.6 Å². The molecule has 1 amide bonds. The van der Waals surface area contributed by atoms with E-state index in [2.05, 4.69) is 9.97 Å². The molecule has 4 aromatic heterocycles. The Kier molecular flexibility index (Phi) is 4.10. The summed E-state index contributed by atoms with van der Waals surface area (Å²) < 4.78 is 9.45. The summed E-state index contributed by atoms with van der Waals surface area (Å²) in [5.74, 6) is 0. The van der Waals surface area contributed by atoms with Gasteiger partial charge in [-0.1, -0.05) is 0 Å². The molecule has 7 nitrogen and oxygen atoms in total. The van der Waals surface area contributed by atoms with Crippen LogP contribution in [0.3, 0.4) is 0 Å². The Morgan fingerprint density at radius 2 is 1.93 bits per heavy atom. The molecule has 0 unspecified atom stereocenters. The predicted octanol–water partition coefficient (Wildman–Crippen LogP) is 4.26. The highest BCUT2D eigenvalue weighted by molar-refractivity contribution is 5.93. The number of anilines is 1. The number of amides is 1. The molecule has 4 rings (SSSR count). The van der Waals surface area contributed by atoms with E-state index in [4.69, 9.17) is 4.74 Å². The van der Waals surface area contributed by atoms with Crippen molar-refractivity contribution in [1.29, 1.82) is 0 Å². The molecule has 4 heterocycles. The number of fused-ring (bicyclic) bond motifs is 2. The summed E-state index contributed by atoms with van der Waals surface area (Å²) in [5, 5.41) is 1.05. The number of carbonyl (C=O) groups is 1. The summed E-state index contributed by atoms with van der Waals surface area (Å²) in [7, 11) is 3.68. The first-order valence-corrected chi connectivity index (χ1v) is 9.09. The molecule has 0 aliphatic rings. The Labute approximate surface area is 163 Å². The second kappa shape index (κ2) is 6.37. The molecule has 0 N–H and O–H groups in total. The van der Waals surface area contributed by atoms with Crippen LogP contribution in [-0.2, 0) is 11.8 Å². The summed E-state index contributed by atoms with van der Waals surface area (Å²) in [5.41, 5.74) is 3.86. The van der Waals surface area contributed by atoms with Crippen LogP contribution in [0.15, 0.2) is 49.1 Å². The molecule has 0 saturated heterocycles. The van der Waals surface area contributed by atoms with Gasteiger partial charge in [0.05, 0.1) is 17.6 Å². The lowest BCUT2D eigenvalue weighted by Crippen LogP contribution is -2.34. The number of pyridine rings is 2. The monoisotopic (exact) mass is 377 g/mol. The van der Waals surface area contributed by atoms with Crippen molar-refractivity contribution in [1.82, 2.24) is 18.9 Å². The molecular formula is C21H23N5O2. The number of rotatable bonds is 2. The molecule has 7 heteroatoms. The van der Waals surface area contributed by atoms with Crippen molar-refractivity contribution < 1.29 is 9.53 Å². The van der Waals surface area contributed by atoms with Crippen molar-refractivity contribution in [2.24, 2.45) is 7.05 Å². The highest BCUT2D eigenvalue weighted by Crippen LogP contribution is 2.29. The van der Waals surface area contributed by atoms with Gasteiger partial charge in [-0.3, -0.25) is 9.30 Å². The lowest BCUT2D eigenvalue weighted by molar-refractivity contribution is 0.0589. The average molecular weight is 377 g/mol. The van der Waals surface area contributed by atoms with E-state index in [9.17, 15) is 4.79 Å². The normalized spacial score (nSPS) is 11.9. The average Bonchev–Trinajstić information content (AvgIpc) is 3.23. The van der Waals surface area contributed by atoms with Crippen molar-refractivity contribution in [2.45, 2.75) is 26.4 Å². The first kappa shape index (κ1) is 18.0. The number of imidazole rings is 1. The number of hydrogen-bond donors (Lipinski definition) is 0. The van der Waals surface area contributed by atoms with Gasteiger partial charge in [0.25, 0.3) is 0 Å². The minimum absolute atomic E-state index is 0.400. The second-order valence-corrected chi connectivity index (χ2v) is 7.82. The van der Waals surface area contributed by atoms with Crippen molar-refractivity contribution in [3.8, 4) is 11.3 Å². The molecule has 0 bridgehead atoms. The molecule has 28 heavy (non-hydrogen) atoms. The molecule has 4 aromatic rings. The van der Waals surface area contributed by atoms with Gasteiger partial charge in [-0.2, -0.15) is 0 Å². The molecule has 0 atom stereocenters. The van der Waals surface area contributed by atoms with Gasteiger partial charge in [-0.15, -0.1) is 0 Å². The smallest absolute Gasteiger partial charge is 0.414 e. The number of ether oxygens (including phenoxy) is 1. The Bertz CT molecular complexity index is 1180. The highest BCUT2D eigenvalue weighted by atomic mass is 16.6. The minimum atomic E-state index is -0.550. The van der Waals surface area contributed by atoms with Crippen LogP contribution < -0.4 is 4.90 Å². The van der Waals surface area contributed by atoms with Crippen LogP contribution >= 0.6 is 0 Å². The van der Waals surface area contributed by atoms with Crippen LogP contribution in [0.1, 0.15) is 20.8 Å². The lowest BCUT2D eigenvalue weighted by atomic mass is 10.1. The second-order valence-electron chi connectivity index (χ2n) is 7.82. The first-order valence-electron chi connectivity index (χ1n) is 9.09. The van der Waals surface area contributed by atoms with E-state index in [0.29, 0.717) is 0 Å². The third kappa shape index (κ3) is 3.09. The predicted molar refractivity (Wildman–Crippen MR) is 110 cm³/mol. The van der Waals surface area contributed by atoms with Gasteiger partial charge >= 0.3 is 6.09 Å². The van der Waals surface area contributed by atoms with E-state index in [-0.39, 0.29) is 0 Å². The summed E-state index contributed by atoms with van der Waals surface area (Å²) >= 11 is 0. The number of nitrogens with zero attached hydrogens (tertiary/aromatic N) is 5. The first-order chi connectivity index (χ1) is 13.2. The third-order valence-corrected chi connectivity index (χ3v) is 4.59. The third-order valence-electron chi connectivity index (χ3n) is 4.59. The van der Waals surface area contributed by atoms with E-state index >= 15 is 0 Å². The van der Waals surface area contributed by atoms with E-state index in [1.807, 2.05) is 79.6 Å². The summed E-state index contributed by atoms with van der Waals surface area (Å²) in [6.07, 6.45) is 7.13. The SMILES string of the molecule is CN(C(=O)OC(C)(C)C)c1ccc2ncc(-c3ccnc4c3ccn4C)n2c1. The Morgan fingerprint density at radius 3 is 2.68 bits per heavy atom. The number of carbonyl (C=O) groups excluding carboxylic acids is 1. The molecule has 0 fully saturated rings. The fraction of sp³-hybridized carbons (Fsp3) is 0.286. The largest absolute Gasteiger partial charge is 0.443 e. The van der Waals surface area contributed by atoms with Crippen molar-refractivity contribution in [3.63, 3.8) is 0 Å². The van der Waals surface area contributed by atoms with Crippen molar-refractivity contribution in [2.75, 3.05) is 11.9 Å². The topological polar surface area (TPSA) is 64.7 Å². The Hall–Kier alpha value is -3.35. The van der Waals surface area contributed by atoms with Crippen LogP contribution in [-0.4, -0.2) is 37.7 Å². The molecule has 0 spiro atoms. The van der Waals surface area contributed by atoms with Gasteiger partial charge in [0.1, 0.15) is 16.9 Å². The molecule has 0 aliphatic heterocycles. The van der Waals surface area contributed by atoms with Gasteiger partial charge < -0.3 is 9.30 Å². The van der Waals surface area contributed by atoms with Crippen LogP contribution in [0, 0.1) is 0 Å². The van der Waals surface area contributed by atoms with Crippen LogP contribution in [0.2, 0.25) is 0 Å². The lowest BCUT2D eigenvalue weighted by Gasteiger charge is -2.24. The summed E-state index contributed by atoms with van der Waals surface area (Å²) in [4.78, 5) is 22.9. The van der Waals surface area contributed by atoms with Gasteiger partial charge in [-0.25, -0.2) is 14.8 Å². The standard InChI is InChI=1S/C21H23N5O2/c1-21(2,3)28-20(27)25(5)14-6-7-18-23-12-17(26(18)13-14)15-8-10-22-19-16(15)9-11-24(19)4/h6-13H,1-5H3. The number of hydrogen-bond acceptors (Lipinski definition) is 4. The van der Waals surface area contributed by atoms with Crippen LogP contribution in [0.5, 0.6) is 0 Å².